The maximum atomic E-state index is 15.3. The number of rotatable bonds is 7. The van der Waals surface area contributed by atoms with Gasteiger partial charge in [0.1, 0.15) is 0 Å². The predicted octanol–water partition coefficient (Wildman–Crippen LogP) is 17.6. The number of aromatic nitrogens is 2. The van der Waals surface area contributed by atoms with Gasteiger partial charge in [-0.15, -0.1) is 0 Å². The molecule has 0 unspecified atom stereocenters. The van der Waals surface area contributed by atoms with E-state index in [9.17, 15) is 26.3 Å². The van der Waals surface area contributed by atoms with Crippen molar-refractivity contribution in [2.24, 2.45) is 0 Å². The van der Waals surface area contributed by atoms with Gasteiger partial charge in [-0.05, 0) is 153 Å². The fourth-order valence-electron chi connectivity index (χ4n) is 10.6. The van der Waals surface area contributed by atoms with Gasteiger partial charge in [-0.1, -0.05) is 97.1 Å². The molecule has 0 saturated heterocycles. The zero-order valence-corrected chi connectivity index (χ0v) is 41.5. The first kappa shape index (κ1) is 49.7. The molecule has 80 heavy (non-hydrogen) atoms. The third-order valence-electron chi connectivity index (χ3n) is 14.5. The fourth-order valence-corrected chi connectivity index (χ4v) is 10.6. The summed E-state index contributed by atoms with van der Waals surface area (Å²) in [5, 5.41) is 52.4. The van der Waals surface area contributed by atoms with Crippen LogP contribution in [-0.4, -0.2) is 9.13 Å². The SMILES string of the molecule is N#Cc1ccc(-c2ccc3c4ccc(-c5ccc(C#N)cc5)cc4n(-c4cc(C#N)cc(-n5c6cc(-c7ccc(C#N)cc7)ccc6c6ccc(-c7ccc(C#N)cc7)cc65)c4-c4cc(C(F)(F)F)cc(C(F)(F)F)c4)c3c2)cc1. The van der Waals surface area contributed by atoms with Crippen LogP contribution in [0.15, 0.2) is 200 Å². The second-order valence-electron chi connectivity index (χ2n) is 19.2. The zero-order chi connectivity index (χ0) is 55.6. The summed E-state index contributed by atoms with van der Waals surface area (Å²) in [6.45, 7) is 0. The highest BCUT2D eigenvalue weighted by molar-refractivity contribution is 6.14. The molecule has 0 saturated carbocycles. The summed E-state index contributed by atoms with van der Waals surface area (Å²) < 4.78 is 95.2. The molecule has 2 heterocycles. The Labute approximate surface area is 452 Å². The minimum absolute atomic E-state index is 0.0183. The van der Waals surface area contributed by atoms with Crippen LogP contribution in [0.25, 0.3) is 111 Å². The topological polar surface area (TPSA) is 129 Å². The lowest BCUT2D eigenvalue weighted by Crippen LogP contribution is -2.12. The number of hydrogen-bond acceptors (Lipinski definition) is 5. The van der Waals surface area contributed by atoms with E-state index in [1.54, 1.807) is 106 Å². The van der Waals surface area contributed by atoms with Crippen molar-refractivity contribution in [2.75, 3.05) is 0 Å². The quantitative estimate of drug-likeness (QED) is 0.147. The summed E-state index contributed by atoms with van der Waals surface area (Å²) >= 11 is 0. The summed E-state index contributed by atoms with van der Waals surface area (Å²) in [6, 6.07) is 65.3. The van der Waals surface area contributed by atoms with Gasteiger partial charge in [-0.2, -0.15) is 52.7 Å². The standard InChI is InChI=1S/C67H33F6N7/c68-66(69,70)53-27-52(28-54(33-53)67(71,72)73)65-63(79-59-29-48(44-9-1-39(34-74)2-10-44)17-21-55(59)56-22-18-49(30-60(56)79)45-11-3-40(35-75)4-12-45)25-43(38-78)26-64(65)80-61-31-50(46-13-5-41(36-76)6-14-46)19-23-57(61)58-24-20-51(32-62(58)80)47-15-7-42(37-77)8-16-47/h1-33H. The molecule has 378 valence electrons. The highest BCUT2D eigenvalue weighted by atomic mass is 19.4. The molecular weight excluding hydrogens is 1020 g/mol. The second kappa shape index (κ2) is 19.1. The molecular formula is C67H33F6N7. The van der Waals surface area contributed by atoms with Gasteiger partial charge in [0, 0.05) is 27.1 Å². The summed E-state index contributed by atoms with van der Waals surface area (Å²) in [5.74, 6) is 0. The van der Waals surface area contributed by atoms with E-state index in [1.807, 2.05) is 72.8 Å². The van der Waals surface area contributed by atoms with Gasteiger partial charge in [-0.25, -0.2) is 0 Å². The minimum Gasteiger partial charge on any atom is -0.308 e. The lowest BCUT2D eigenvalue weighted by Gasteiger charge is -2.23. The van der Waals surface area contributed by atoms with Crippen LogP contribution in [0.3, 0.4) is 0 Å². The van der Waals surface area contributed by atoms with Crippen LogP contribution < -0.4 is 0 Å². The lowest BCUT2D eigenvalue weighted by molar-refractivity contribution is -0.143. The van der Waals surface area contributed by atoms with Crippen LogP contribution in [0, 0.1) is 56.7 Å². The van der Waals surface area contributed by atoms with Crippen molar-refractivity contribution >= 4 is 43.6 Å². The van der Waals surface area contributed by atoms with Crippen molar-refractivity contribution in [3.05, 3.63) is 239 Å². The molecule has 12 aromatic rings. The molecule has 12 rings (SSSR count). The van der Waals surface area contributed by atoms with Crippen molar-refractivity contribution in [3.8, 4) is 97.4 Å². The molecule has 10 aromatic carbocycles. The Balaban J connectivity index is 1.27. The van der Waals surface area contributed by atoms with E-state index in [4.69, 9.17) is 0 Å². The Morgan fingerprint density at radius 1 is 0.263 bits per heavy atom. The van der Waals surface area contributed by atoms with Gasteiger partial charge in [0.2, 0.25) is 0 Å². The predicted molar refractivity (Wildman–Crippen MR) is 296 cm³/mol. The van der Waals surface area contributed by atoms with Gasteiger partial charge in [0.25, 0.3) is 0 Å². The molecule has 13 heteroatoms. The van der Waals surface area contributed by atoms with Crippen LogP contribution in [0.1, 0.15) is 38.9 Å². The van der Waals surface area contributed by atoms with E-state index < -0.39 is 29.0 Å². The smallest absolute Gasteiger partial charge is 0.308 e. The average molecular weight is 1050 g/mol. The van der Waals surface area contributed by atoms with Crippen LogP contribution in [0.5, 0.6) is 0 Å². The molecule has 0 atom stereocenters. The Morgan fingerprint density at radius 3 is 0.750 bits per heavy atom. The van der Waals surface area contributed by atoms with Gasteiger partial charge in [-0.3, -0.25) is 0 Å². The van der Waals surface area contributed by atoms with Crippen molar-refractivity contribution in [3.63, 3.8) is 0 Å². The van der Waals surface area contributed by atoms with E-state index in [2.05, 4.69) is 30.3 Å². The zero-order valence-electron chi connectivity index (χ0n) is 41.5. The summed E-state index contributed by atoms with van der Waals surface area (Å²) in [7, 11) is 0. The number of alkyl halides is 6. The highest BCUT2D eigenvalue weighted by Crippen LogP contribution is 2.48. The van der Waals surface area contributed by atoms with Gasteiger partial charge in [0.15, 0.2) is 0 Å². The van der Waals surface area contributed by atoms with Crippen molar-refractivity contribution < 1.29 is 26.3 Å². The Bertz CT molecular complexity index is 4240. The van der Waals surface area contributed by atoms with Gasteiger partial charge >= 0.3 is 12.4 Å². The molecule has 7 nitrogen and oxygen atoms in total. The molecule has 2 aromatic heterocycles. The summed E-state index contributed by atoms with van der Waals surface area (Å²) in [4.78, 5) is 0. The molecule has 0 bridgehead atoms. The molecule has 0 aliphatic rings. The van der Waals surface area contributed by atoms with Crippen molar-refractivity contribution in [2.45, 2.75) is 12.4 Å². The van der Waals surface area contributed by atoms with Crippen LogP contribution in [0.2, 0.25) is 0 Å². The molecule has 0 aliphatic carbocycles. The van der Waals surface area contributed by atoms with E-state index in [0.29, 0.717) is 123 Å². The molecule has 0 radical (unpaired) electrons. The maximum Gasteiger partial charge on any atom is 0.416 e. The van der Waals surface area contributed by atoms with Crippen molar-refractivity contribution in [1.29, 1.82) is 26.3 Å². The minimum atomic E-state index is -5.25. The Hall–Kier alpha value is -11.2. The van der Waals surface area contributed by atoms with Gasteiger partial charge < -0.3 is 9.13 Å². The van der Waals surface area contributed by atoms with E-state index in [0.717, 1.165) is 0 Å². The summed E-state index contributed by atoms with van der Waals surface area (Å²) in [5.41, 5.74) is 5.65. The van der Waals surface area contributed by atoms with E-state index in [1.165, 1.54) is 12.1 Å². The van der Waals surface area contributed by atoms with Crippen LogP contribution in [-0.2, 0) is 12.4 Å². The van der Waals surface area contributed by atoms with E-state index >= 15 is 26.3 Å². The number of benzene rings is 10. The van der Waals surface area contributed by atoms with Crippen molar-refractivity contribution in [1.82, 2.24) is 9.13 Å². The molecule has 0 N–H and O–H groups in total. The number of hydrogen-bond donors (Lipinski definition) is 0. The second-order valence-corrected chi connectivity index (χ2v) is 19.2. The third-order valence-corrected chi connectivity index (χ3v) is 14.5. The first-order chi connectivity index (χ1) is 38.6. The molecule has 0 fully saturated rings. The Morgan fingerprint density at radius 2 is 0.512 bits per heavy atom. The highest BCUT2D eigenvalue weighted by Gasteiger charge is 2.38. The Kier molecular flexibility index (Phi) is 11.9. The first-order valence-electron chi connectivity index (χ1n) is 24.7. The fraction of sp³-hybridized carbons (Fsp3) is 0.0299. The average Bonchev–Trinajstić information content (AvgIpc) is 4.09. The number of fused-ring (bicyclic) bond motifs is 6. The monoisotopic (exact) mass is 1050 g/mol. The number of nitrogens with zero attached hydrogens (tertiary/aromatic N) is 7. The largest absolute Gasteiger partial charge is 0.416 e. The molecule has 0 aliphatic heterocycles. The molecule has 0 spiro atoms. The van der Waals surface area contributed by atoms with Crippen LogP contribution >= 0.6 is 0 Å². The first-order valence-corrected chi connectivity index (χ1v) is 24.7. The van der Waals surface area contributed by atoms with Gasteiger partial charge in [0.05, 0.1) is 103 Å². The lowest BCUT2D eigenvalue weighted by atomic mass is 9.94. The summed E-state index contributed by atoms with van der Waals surface area (Å²) in [6.07, 6.45) is -10.5. The number of nitriles is 5. The number of halogens is 6. The normalized spacial score (nSPS) is 11.6. The van der Waals surface area contributed by atoms with E-state index in [-0.39, 0.29) is 28.6 Å². The van der Waals surface area contributed by atoms with Crippen LogP contribution in [0.4, 0.5) is 26.3 Å². The molecule has 0 amide bonds. The maximum absolute atomic E-state index is 15.3. The third kappa shape index (κ3) is 8.66.